The zero-order valence-electron chi connectivity index (χ0n) is 9.95. The SMILES string of the molecule is CCN(C)CCNC(C(=O)OC)C1CC1. The van der Waals surface area contributed by atoms with Gasteiger partial charge in [-0.05, 0) is 32.4 Å². The lowest BCUT2D eigenvalue weighted by molar-refractivity contribution is -0.143. The number of esters is 1. The molecule has 1 fully saturated rings. The Labute approximate surface area is 92.0 Å². The molecule has 0 spiro atoms. The molecule has 15 heavy (non-hydrogen) atoms. The highest BCUT2D eigenvalue weighted by molar-refractivity contribution is 5.76. The maximum atomic E-state index is 11.4. The van der Waals surface area contributed by atoms with Crippen molar-refractivity contribution in [1.29, 1.82) is 0 Å². The third-order valence-electron chi connectivity index (χ3n) is 2.95. The summed E-state index contributed by atoms with van der Waals surface area (Å²) < 4.78 is 4.78. The van der Waals surface area contributed by atoms with Crippen LogP contribution in [0, 0.1) is 5.92 Å². The molecule has 0 aromatic carbocycles. The summed E-state index contributed by atoms with van der Waals surface area (Å²) in [5, 5.41) is 3.28. The molecule has 1 aliphatic carbocycles. The molecular weight excluding hydrogens is 192 g/mol. The maximum absolute atomic E-state index is 11.4. The molecule has 4 nitrogen and oxygen atoms in total. The minimum Gasteiger partial charge on any atom is -0.468 e. The van der Waals surface area contributed by atoms with Crippen LogP contribution in [0.4, 0.5) is 0 Å². The monoisotopic (exact) mass is 214 g/mol. The fraction of sp³-hybridized carbons (Fsp3) is 0.909. The Bertz CT molecular complexity index is 205. The number of rotatable bonds is 7. The van der Waals surface area contributed by atoms with Crippen molar-refractivity contribution in [3.8, 4) is 0 Å². The summed E-state index contributed by atoms with van der Waals surface area (Å²) in [7, 11) is 3.53. The van der Waals surface area contributed by atoms with Gasteiger partial charge in [-0.25, -0.2) is 0 Å². The number of carbonyl (C=O) groups excluding carboxylic acids is 1. The second-order valence-corrected chi connectivity index (χ2v) is 4.19. The minimum atomic E-state index is -0.114. The smallest absolute Gasteiger partial charge is 0.323 e. The lowest BCUT2D eigenvalue weighted by atomic mass is 10.2. The van der Waals surface area contributed by atoms with Gasteiger partial charge in [0.1, 0.15) is 6.04 Å². The number of nitrogens with one attached hydrogen (secondary N) is 1. The average Bonchev–Trinajstić information content (AvgIpc) is 3.06. The summed E-state index contributed by atoms with van der Waals surface area (Å²) in [6.45, 7) is 4.98. The first kappa shape index (κ1) is 12.5. The first-order chi connectivity index (χ1) is 7.19. The van der Waals surface area contributed by atoms with Crippen molar-refractivity contribution in [2.75, 3.05) is 33.8 Å². The van der Waals surface area contributed by atoms with Crippen LogP contribution in [0.3, 0.4) is 0 Å². The van der Waals surface area contributed by atoms with E-state index in [2.05, 4.69) is 24.2 Å². The topological polar surface area (TPSA) is 41.6 Å². The largest absolute Gasteiger partial charge is 0.468 e. The predicted octanol–water partition coefficient (Wildman–Crippen LogP) is 0.479. The summed E-state index contributed by atoms with van der Waals surface area (Å²) in [6.07, 6.45) is 2.30. The van der Waals surface area contributed by atoms with E-state index in [1.54, 1.807) is 0 Å². The van der Waals surface area contributed by atoms with Crippen molar-refractivity contribution in [1.82, 2.24) is 10.2 Å². The molecule has 1 unspecified atom stereocenters. The first-order valence-corrected chi connectivity index (χ1v) is 5.68. The lowest BCUT2D eigenvalue weighted by Crippen LogP contribution is -2.42. The van der Waals surface area contributed by atoms with Gasteiger partial charge in [0.15, 0.2) is 0 Å². The number of hydrogen-bond donors (Lipinski definition) is 1. The standard InChI is InChI=1S/C11H22N2O2/c1-4-13(2)8-7-12-10(9-5-6-9)11(14)15-3/h9-10,12H,4-8H2,1-3H3. The highest BCUT2D eigenvalue weighted by Gasteiger charge is 2.36. The van der Waals surface area contributed by atoms with Gasteiger partial charge in [-0.3, -0.25) is 4.79 Å². The van der Waals surface area contributed by atoms with Crippen LogP contribution in [-0.4, -0.2) is 50.7 Å². The number of nitrogens with zero attached hydrogens (tertiary/aromatic N) is 1. The molecule has 1 atom stereocenters. The Morgan fingerprint density at radius 3 is 2.73 bits per heavy atom. The summed E-state index contributed by atoms with van der Waals surface area (Å²) in [4.78, 5) is 13.7. The van der Waals surface area contributed by atoms with Crippen LogP contribution in [0.1, 0.15) is 19.8 Å². The van der Waals surface area contributed by atoms with E-state index in [-0.39, 0.29) is 12.0 Å². The van der Waals surface area contributed by atoms with Crippen molar-refractivity contribution in [3.63, 3.8) is 0 Å². The molecule has 0 aromatic heterocycles. The molecule has 0 saturated heterocycles. The Balaban J connectivity index is 2.23. The summed E-state index contributed by atoms with van der Waals surface area (Å²) in [5.41, 5.74) is 0. The number of ether oxygens (including phenoxy) is 1. The van der Waals surface area contributed by atoms with E-state index in [4.69, 9.17) is 4.74 Å². The Morgan fingerprint density at radius 2 is 2.27 bits per heavy atom. The molecular formula is C11H22N2O2. The van der Waals surface area contributed by atoms with Crippen molar-refractivity contribution in [2.45, 2.75) is 25.8 Å². The number of hydrogen-bond acceptors (Lipinski definition) is 4. The molecule has 0 radical (unpaired) electrons. The van der Waals surface area contributed by atoms with Crippen LogP contribution in [0.25, 0.3) is 0 Å². The molecule has 0 amide bonds. The highest BCUT2D eigenvalue weighted by atomic mass is 16.5. The van der Waals surface area contributed by atoms with Gasteiger partial charge in [0, 0.05) is 13.1 Å². The van der Waals surface area contributed by atoms with E-state index in [0.29, 0.717) is 5.92 Å². The second-order valence-electron chi connectivity index (χ2n) is 4.19. The van der Waals surface area contributed by atoms with Gasteiger partial charge in [0.2, 0.25) is 0 Å². The molecule has 1 aliphatic rings. The van der Waals surface area contributed by atoms with E-state index in [1.807, 2.05) is 0 Å². The van der Waals surface area contributed by atoms with Gasteiger partial charge >= 0.3 is 5.97 Å². The van der Waals surface area contributed by atoms with Crippen LogP contribution in [0.15, 0.2) is 0 Å². The minimum absolute atomic E-state index is 0.0831. The van der Waals surface area contributed by atoms with Crippen molar-refractivity contribution in [3.05, 3.63) is 0 Å². The summed E-state index contributed by atoms with van der Waals surface area (Å²) >= 11 is 0. The highest BCUT2D eigenvalue weighted by Crippen LogP contribution is 2.32. The molecule has 1 saturated carbocycles. The van der Waals surface area contributed by atoms with Crippen molar-refractivity contribution < 1.29 is 9.53 Å². The Hall–Kier alpha value is -0.610. The quantitative estimate of drug-likeness (QED) is 0.626. The van der Waals surface area contributed by atoms with Gasteiger partial charge in [-0.15, -0.1) is 0 Å². The Morgan fingerprint density at radius 1 is 1.60 bits per heavy atom. The van der Waals surface area contributed by atoms with Gasteiger partial charge in [-0.2, -0.15) is 0 Å². The zero-order valence-corrected chi connectivity index (χ0v) is 9.95. The molecule has 88 valence electrons. The van der Waals surface area contributed by atoms with Gasteiger partial charge in [0.05, 0.1) is 7.11 Å². The van der Waals surface area contributed by atoms with E-state index in [1.165, 1.54) is 7.11 Å². The molecule has 0 aliphatic heterocycles. The number of likely N-dealkylation sites (N-methyl/N-ethyl adjacent to an activating group) is 1. The van der Waals surface area contributed by atoms with Crippen LogP contribution < -0.4 is 5.32 Å². The summed E-state index contributed by atoms with van der Waals surface area (Å²) in [5.74, 6) is 0.390. The van der Waals surface area contributed by atoms with Gasteiger partial charge in [0.25, 0.3) is 0 Å². The molecule has 0 aromatic rings. The van der Waals surface area contributed by atoms with E-state index < -0.39 is 0 Å². The molecule has 4 heteroatoms. The molecule has 0 bridgehead atoms. The third kappa shape index (κ3) is 4.18. The summed E-state index contributed by atoms with van der Waals surface area (Å²) in [6, 6.07) is -0.0831. The molecule has 1 rings (SSSR count). The van der Waals surface area contributed by atoms with E-state index in [9.17, 15) is 4.79 Å². The van der Waals surface area contributed by atoms with Gasteiger partial charge in [-0.1, -0.05) is 6.92 Å². The second kappa shape index (κ2) is 6.08. The molecule has 1 N–H and O–H groups in total. The van der Waals surface area contributed by atoms with Crippen LogP contribution in [0.5, 0.6) is 0 Å². The zero-order chi connectivity index (χ0) is 11.3. The van der Waals surface area contributed by atoms with Gasteiger partial charge < -0.3 is 15.0 Å². The average molecular weight is 214 g/mol. The third-order valence-corrected chi connectivity index (χ3v) is 2.95. The fourth-order valence-corrected chi connectivity index (χ4v) is 1.57. The molecule has 0 heterocycles. The normalized spacial score (nSPS) is 17.9. The van der Waals surface area contributed by atoms with Crippen LogP contribution in [0.2, 0.25) is 0 Å². The van der Waals surface area contributed by atoms with Crippen LogP contribution >= 0.6 is 0 Å². The Kier molecular flexibility index (Phi) is 5.05. The van der Waals surface area contributed by atoms with Crippen molar-refractivity contribution in [2.24, 2.45) is 5.92 Å². The number of carbonyl (C=O) groups is 1. The van der Waals surface area contributed by atoms with Crippen molar-refractivity contribution >= 4 is 5.97 Å². The first-order valence-electron chi connectivity index (χ1n) is 5.68. The van der Waals surface area contributed by atoms with Crippen LogP contribution in [-0.2, 0) is 9.53 Å². The lowest BCUT2D eigenvalue weighted by Gasteiger charge is -2.18. The maximum Gasteiger partial charge on any atom is 0.323 e. The number of methoxy groups -OCH3 is 1. The van der Waals surface area contributed by atoms with E-state index >= 15 is 0 Å². The predicted molar refractivity (Wildman–Crippen MR) is 59.7 cm³/mol. The fourth-order valence-electron chi connectivity index (χ4n) is 1.57. The van der Waals surface area contributed by atoms with E-state index in [0.717, 1.165) is 32.5 Å².